The van der Waals surface area contributed by atoms with Gasteiger partial charge in [-0.15, -0.1) is 0 Å². The largest absolute Gasteiger partial charge is 0.493 e. The molecule has 0 saturated heterocycles. The van der Waals surface area contributed by atoms with Crippen molar-refractivity contribution in [2.75, 3.05) is 13.7 Å². The molecule has 2 amide bonds. The zero-order valence-corrected chi connectivity index (χ0v) is 20.2. The van der Waals surface area contributed by atoms with Crippen molar-refractivity contribution in [3.8, 4) is 11.5 Å². The normalized spacial score (nSPS) is 11.6. The van der Waals surface area contributed by atoms with E-state index in [1.165, 1.54) is 24.1 Å². The Balaban J connectivity index is 1.91. The minimum absolute atomic E-state index is 0.103. The maximum absolute atomic E-state index is 13.5. The van der Waals surface area contributed by atoms with Gasteiger partial charge in [-0.25, -0.2) is 4.39 Å². The van der Waals surface area contributed by atoms with E-state index in [9.17, 15) is 14.0 Å². The Bertz CT molecular complexity index is 1100. The number of para-hydroxylation sites is 2. The van der Waals surface area contributed by atoms with Gasteiger partial charge in [0.15, 0.2) is 18.1 Å². The van der Waals surface area contributed by atoms with E-state index in [1.807, 2.05) is 44.2 Å². The molecule has 0 aliphatic rings. The fourth-order valence-electron chi connectivity index (χ4n) is 3.68. The van der Waals surface area contributed by atoms with Crippen LogP contribution >= 0.6 is 0 Å². The summed E-state index contributed by atoms with van der Waals surface area (Å²) in [6, 6.07) is 21.6. The smallest absolute Gasteiger partial charge is 0.261 e. The van der Waals surface area contributed by atoms with Crippen LogP contribution in [0.4, 0.5) is 4.39 Å². The minimum atomic E-state index is -0.793. The summed E-state index contributed by atoms with van der Waals surface area (Å²) >= 11 is 0. The van der Waals surface area contributed by atoms with Gasteiger partial charge >= 0.3 is 0 Å². The molecule has 184 valence electrons. The lowest BCUT2D eigenvalue weighted by Crippen LogP contribution is -2.52. The number of methoxy groups -OCH3 is 1. The molecular weight excluding hydrogens is 447 g/mol. The van der Waals surface area contributed by atoms with E-state index >= 15 is 0 Å². The Hall–Kier alpha value is -3.87. The van der Waals surface area contributed by atoms with Gasteiger partial charge in [0, 0.05) is 19.0 Å². The summed E-state index contributed by atoms with van der Waals surface area (Å²) < 4.78 is 24.6. The number of nitrogens with zero attached hydrogens (tertiary/aromatic N) is 1. The number of rotatable bonds is 11. The van der Waals surface area contributed by atoms with Gasteiger partial charge in [0.2, 0.25) is 5.91 Å². The first-order valence-electron chi connectivity index (χ1n) is 11.5. The van der Waals surface area contributed by atoms with Crippen LogP contribution < -0.4 is 14.8 Å². The quantitative estimate of drug-likeness (QED) is 0.444. The van der Waals surface area contributed by atoms with Crippen LogP contribution in [0.5, 0.6) is 11.5 Å². The van der Waals surface area contributed by atoms with Crippen LogP contribution in [0.3, 0.4) is 0 Å². The van der Waals surface area contributed by atoms with E-state index in [2.05, 4.69) is 5.32 Å². The number of carbonyl (C=O) groups excluding carboxylic acids is 2. The van der Waals surface area contributed by atoms with E-state index in [1.54, 1.807) is 36.4 Å². The molecule has 3 aromatic carbocycles. The van der Waals surface area contributed by atoms with Gasteiger partial charge < -0.3 is 19.7 Å². The Kier molecular flexibility index (Phi) is 9.23. The topological polar surface area (TPSA) is 67.9 Å². The first-order chi connectivity index (χ1) is 16.9. The zero-order valence-electron chi connectivity index (χ0n) is 20.2. The molecule has 0 aromatic heterocycles. The van der Waals surface area contributed by atoms with E-state index in [-0.39, 0.29) is 36.8 Å². The SMILES string of the molecule is COc1ccccc1OCC(=O)N(Cc1ccc(F)cc1)[C@@H](Cc1ccccc1)C(=O)NC(C)C. The number of amides is 2. The van der Waals surface area contributed by atoms with Crippen molar-refractivity contribution in [2.24, 2.45) is 0 Å². The molecule has 1 atom stereocenters. The molecule has 0 aliphatic carbocycles. The van der Waals surface area contributed by atoms with Crippen molar-refractivity contribution in [2.45, 2.75) is 38.9 Å². The lowest BCUT2D eigenvalue weighted by Gasteiger charge is -2.32. The number of nitrogens with one attached hydrogen (secondary N) is 1. The second-order valence-electron chi connectivity index (χ2n) is 8.46. The highest BCUT2D eigenvalue weighted by Crippen LogP contribution is 2.26. The molecule has 0 radical (unpaired) electrons. The number of halogens is 1. The first-order valence-corrected chi connectivity index (χ1v) is 11.5. The van der Waals surface area contributed by atoms with Gasteiger partial charge in [-0.3, -0.25) is 9.59 Å². The molecule has 0 bridgehead atoms. The Labute approximate surface area is 205 Å². The third-order valence-corrected chi connectivity index (χ3v) is 5.39. The lowest BCUT2D eigenvalue weighted by atomic mass is 10.0. The highest BCUT2D eigenvalue weighted by atomic mass is 19.1. The molecule has 0 saturated carbocycles. The Morgan fingerprint density at radius 2 is 1.51 bits per heavy atom. The number of carbonyl (C=O) groups is 2. The van der Waals surface area contributed by atoms with Crippen molar-refractivity contribution in [3.63, 3.8) is 0 Å². The van der Waals surface area contributed by atoms with Crippen molar-refractivity contribution >= 4 is 11.8 Å². The maximum atomic E-state index is 13.5. The van der Waals surface area contributed by atoms with Crippen molar-refractivity contribution in [1.82, 2.24) is 10.2 Å². The fourth-order valence-corrected chi connectivity index (χ4v) is 3.68. The van der Waals surface area contributed by atoms with Crippen LogP contribution in [0.25, 0.3) is 0 Å². The summed E-state index contributed by atoms with van der Waals surface area (Å²) in [7, 11) is 1.52. The molecule has 0 heterocycles. The summed E-state index contributed by atoms with van der Waals surface area (Å²) in [6.45, 7) is 3.57. The molecular formula is C28H31FN2O4. The second kappa shape index (κ2) is 12.6. The highest BCUT2D eigenvalue weighted by Gasteiger charge is 2.31. The Morgan fingerprint density at radius 1 is 0.886 bits per heavy atom. The number of hydrogen-bond donors (Lipinski definition) is 1. The van der Waals surface area contributed by atoms with Gasteiger partial charge in [-0.05, 0) is 49.2 Å². The summed E-state index contributed by atoms with van der Waals surface area (Å²) in [5.41, 5.74) is 1.62. The average molecular weight is 479 g/mol. The summed E-state index contributed by atoms with van der Waals surface area (Å²) in [5.74, 6) is -0.0821. The molecule has 0 fully saturated rings. The molecule has 1 N–H and O–H groups in total. The van der Waals surface area contributed by atoms with Crippen LogP contribution in [-0.4, -0.2) is 42.5 Å². The van der Waals surface area contributed by atoms with Gasteiger partial charge in [0.25, 0.3) is 5.91 Å². The third-order valence-electron chi connectivity index (χ3n) is 5.39. The highest BCUT2D eigenvalue weighted by molar-refractivity contribution is 5.88. The molecule has 3 aromatic rings. The third kappa shape index (κ3) is 7.57. The molecule has 3 rings (SSSR count). The average Bonchev–Trinajstić information content (AvgIpc) is 2.86. The van der Waals surface area contributed by atoms with E-state index in [0.717, 1.165) is 5.56 Å². The van der Waals surface area contributed by atoms with Crippen LogP contribution in [0, 0.1) is 5.82 Å². The monoisotopic (exact) mass is 478 g/mol. The van der Waals surface area contributed by atoms with Gasteiger partial charge in [0.1, 0.15) is 11.9 Å². The maximum Gasteiger partial charge on any atom is 0.261 e. The molecule has 35 heavy (non-hydrogen) atoms. The van der Waals surface area contributed by atoms with E-state index in [0.29, 0.717) is 23.5 Å². The predicted octanol–water partition coefficient (Wildman–Crippen LogP) is 4.38. The van der Waals surface area contributed by atoms with Crippen molar-refractivity contribution in [1.29, 1.82) is 0 Å². The summed E-state index contributed by atoms with van der Waals surface area (Å²) in [5, 5.41) is 2.93. The van der Waals surface area contributed by atoms with Crippen LogP contribution in [0.15, 0.2) is 78.9 Å². The Morgan fingerprint density at radius 3 is 2.14 bits per heavy atom. The molecule has 6 nitrogen and oxygen atoms in total. The van der Waals surface area contributed by atoms with Crippen LogP contribution in [0.1, 0.15) is 25.0 Å². The van der Waals surface area contributed by atoms with Crippen molar-refractivity contribution < 1.29 is 23.5 Å². The summed E-state index contributed by atoms with van der Waals surface area (Å²) in [4.78, 5) is 28.3. The molecule has 0 aliphatic heterocycles. The predicted molar refractivity (Wildman–Crippen MR) is 133 cm³/mol. The second-order valence-corrected chi connectivity index (χ2v) is 8.46. The van der Waals surface area contributed by atoms with Crippen molar-refractivity contribution in [3.05, 3.63) is 95.8 Å². The van der Waals surface area contributed by atoms with Gasteiger partial charge in [-0.1, -0.05) is 54.6 Å². The molecule has 0 unspecified atom stereocenters. The lowest BCUT2D eigenvalue weighted by molar-refractivity contribution is -0.143. The first kappa shape index (κ1) is 25.7. The van der Waals surface area contributed by atoms with E-state index < -0.39 is 6.04 Å². The number of ether oxygens (including phenoxy) is 2. The van der Waals surface area contributed by atoms with Crippen LogP contribution in [-0.2, 0) is 22.6 Å². The molecule has 7 heteroatoms. The zero-order chi connectivity index (χ0) is 25.2. The standard InChI is InChI=1S/C28H31FN2O4/c1-20(2)30-28(33)24(17-21-9-5-4-6-10-21)31(18-22-13-15-23(29)16-14-22)27(32)19-35-26-12-8-7-11-25(26)34-3/h4-16,20,24H,17-19H2,1-3H3,(H,30,33)/t24-/m0/s1. The number of hydrogen-bond acceptors (Lipinski definition) is 4. The number of benzene rings is 3. The molecule has 0 spiro atoms. The summed E-state index contributed by atoms with van der Waals surface area (Å²) in [6.07, 6.45) is 0.320. The van der Waals surface area contributed by atoms with Gasteiger partial charge in [-0.2, -0.15) is 0 Å². The minimum Gasteiger partial charge on any atom is -0.493 e. The van der Waals surface area contributed by atoms with Gasteiger partial charge in [0.05, 0.1) is 7.11 Å². The fraction of sp³-hybridized carbons (Fsp3) is 0.286. The van der Waals surface area contributed by atoms with E-state index in [4.69, 9.17) is 9.47 Å². The van der Waals surface area contributed by atoms with Crippen LogP contribution in [0.2, 0.25) is 0 Å².